The lowest BCUT2D eigenvalue weighted by Gasteiger charge is -2.30. The molecule has 0 atom stereocenters. The van der Waals surface area contributed by atoms with Crippen molar-refractivity contribution in [3.8, 4) is 0 Å². The van der Waals surface area contributed by atoms with Crippen LogP contribution in [0.3, 0.4) is 0 Å². The lowest BCUT2D eigenvalue weighted by Crippen LogP contribution is -2.50. The van der Waals surface area contributed by atoms with Crippen molar-refractivity contribution in [3.05, 3.63) is 0 Å². The fourth-order valence-corrected chi connectivity index (χ4v) is 3.69. The Morgan fingerprint density at radius 3 is 1.95 bits per heavy atom. The molecule has 0 spiro atoms. The molecule has 0 unspecified atom stereocenters. The molecule has 1 aliphatic carbocycles. The summed E-state index contributed by atoms with van der Waals surface area (Å²) in [5.74, 6) is 0. The monoisotopic (exact) mass is 289 g/mol. The van der Waals surface area contributed by atoms with Gasteiger partial charge in [0.25, 0.3) is 0 Å². The van der Waals surface area contributed by atoms with Crippen LogP contribution in [0.1, 0.15) is 38.5 Å². The highest BCUT2D eigenvalue weighted by Crippen LogP contribution is 2.18. The van der Waals surface area contributed by atoms with E-state index in [1.54, 1.807) is 0 Å². The topological polar surface area (TPSA) is 78.5 Å². The van der Waals surface area contributed by atoms with Crippen molar-refractivity contribution in [1.29, 1.82) is 0 Å². The van der Waals surface area contributed by atoms with Crippen molar-refractivity contribution >= 4 is 16.1 Å². The van der Waals surface area contributed by atoms with E-state index in [2.05, 4.69) is 10.6 Å². The number of amides is 2. The van der Waals surface area contributed by atoms with Crippen LogP contribution in [-0.4, -0.2) is 50.2 Å². The second-order valence-electron chi connectivity index (χ2n) is 5.54. The van der Waals surface area contributed by atoms with E-state index in [4.69, 9.17) is 0 Å². The predicted octanol–water partition coefficient (Wildman–Crippen LogP) is 0.652. The van der Waals surface area contributed by atoms with Gasteiger partial charge in [-0.1, -0.05) is 12.8 Å². The van der Waals surface area contributed by atoms with E-state index in [-0.39, 0.29) is 12.1 Å². The van der Waals surface area contributed by atoms with Crippen LogP contribution in [0.25, 0.3) is 0 Å². The lowest BCUT2D eigenvalue weighted by atomic mass is 10.1. The molecule has 2 amide bonds. The highest BCUT2D eigenvalue weighted by molar-refractivity contribution is 7.88. The molecule has 0 aromatic rings. The zero-order valence-electron chi connectivity index (χ0n) is 11.4. The number of carbonyl (C=O) groups excluding carboxylic acids is 1. The van der Waals surface area contributed by atoms with E-state index >= 15 is 0 Å². The average Bonchev–Trinajstić information content (AvgIpc) is 2.81. The molecular weight excluding hydrogens is 266 g/mol. The maximum absolute atomic E-state index is 11.8. The largest absolute Gasteiger partial charge is 0.335 e. The van der Waals surface area contributed by atoms with Gasteiger partial charge in [0.2, 0.25) is 10.0 Å². The van der Waals surface area contributed by atoms with Crippen LogP contribution in [0.5, 0.6) is 0 Å². The summed E-state index contributed by atoms with van der Waals surface area (Å²) >= 11 is 0. The quantitative estimate of drug-likeness (QED) is 0.801. The van der Waals surface area contributed by atoms with E-state index in [1.165, 1.54) is 23.4 Å². The molecule has 2 fully saturated rings. The number of nitrogens with zero attached hydrogens (tertiary/aromatic N) is 1. The highest BCUT2D eigenvalue weighted by atomic mass is 32.2. The van der Waals surface area contributed by atoms with E-state index < -0.39 is 10.0 Å². The van der Waals surface area contributed by atoms with Gasteiger partial charge in [0.1, 0.15) is 0 Å². The summed E-state index contributed by atoms with van der Waals surface area (Å²) in [5, 5.41) is 5.93. The summed E-state index contributed by atoms with van der Waals surface area (Å²) in [5.41, 5.74) is 0. The van der Waals surface area contributed by atoms with Crippen LogP contribution in [0.4, 0.5) is 4.79 Å². The first-order valence-corrected chi connectivity index (χ1v) is 8.82. The van der Waals surface area contributed by atoms with E-state index in [0.717, 1.165) is 12.8 Å². The Morgan fingerprint density at radius 2 is 1.47 bits per heavy atom. The van der Waals surface area contributed by atoms with Crippen molar-refractivity contribution < 1.29 is 13.2 Å². The van der Waals surface area contributed by atoms with E-state index in [1.807, 2.05) is 0 Å². The molecule has 1 aliphatic heterocycles. The van der Waals surface area contributed by atoms with Crippen molar-refractivity contribution in [2.75, 3.05) is 19.3 Å². The van der Waals surface area contributed by atoms with Gasteiger partial charge < -0.3 is 10.6 Å². The fraction of sp³-hybridized carbons (Fsp3) is 0.917. The van der Waals surface area contributed by atoms with Gasteiger partial charge >= 0.3 is 6.03 Å². The molecule has 110 valence electrons. The number of piperidine rings is 1. The molecule has 0 radical (unpaired) electrons. The molecule has 2 N–H and O–H groups in total. The molecule has 0 aromatic heterocycles. The maximum atomic E-state index is 11.8. The molecule has 2 rings (SSSR count). The SMILES string of the molecule is CS(=O)(=O)N1CCC(NC(=O)NC2CCCC2)CC1. The Labute approximate surface area is 115 Å². The van der Waals surface area contributed by atoms with E-state index in [0.29, 0.717) is 32.0 Å². The Balaban J connectivity index is 1.71. The van der Waals surface area contributed by atoms with Crippen LogP contribution < -0.4 is 10.6 Å². The Hall–Kier alpha value is -0.820. The van der Waals surface area contributed by atoms with Gasteiger partial charge in [-0.3, -0.25) is 0 Å². The van der Waals surface area contributed by atoms with Crippen molar-refractivity contribution in [2.24, 2.45) is 0 Å². The van der Waals surface area contributed by atoms with Crippen LogP contribution in [0.15, 0.2) is 0 Å². The van der Waals surface area contributed by atoms with Gasteiger partial charge in [0.15, 0.2) is 0 Å². The van der Waals surface area contributed by atoms with Crippen LogP contribution in [-0.2, 0) is 10.0 Å². The predicted molar refractivity (Wildman–Crippen MR) is 73.4 cm³/mol. The van der Waals surface area contributed by atoms with Crippen molar-refractivity contribution in [1.82, 2.24) is 14.9 Å². The smallest absolute Gasteiger partial charge is 0.315 e. The summed E-state index contributed by atoms with van der Waals surface area (Å²) in [6, 6.07) is 0.292. The second-order valence-corrected chi connectivity index (χ2v) is 7.52. The Morgan fingerprint density at radius 1 is 1.00 bits per heavy atom. The number of nitrogens with one attached hydrogen (secondary N) is 2. The molecular formula is C12H23N3O3S. The zero-order chi connectivity index (χ0) is 13.9. The van der Waals surface area contributed by atoms with Crippen LogP contribution >= 0.6 is 0 Å². The molecule has 2 aliphatic rings. The molecule has 19 heavy (non-hydrogen) atoms. The van der Waals surface area contributed by atoms with Crippen molar-refractivity contribution in [2.45, 2.75) is 50.6 Å². The van der Waals surface area contributed by atoms with Crippen LogP contribution in [0, 0.1) is 0 Å². The molecule has 1 saturated carbocycles. The average molecular weight is 289 g/mol. The minimum Gasteiger partial charge on any atom is -0.335 e. The number of hydrogen-bond acceptors (Lipinski definition) is 3. The first kappa shape index (κ1) is 14.6. The minimum atomic E-state index is -3.09. The standard InChI is InChI=1S/C12H23N3O3S/c1-19(17,18)15-8-6-11(7-9-15)14-12(16)13-10-4-2-3-5-10/h10-11H,2-9H2,1H3,(H2,13,14,16). The molecule has 1 heterocycles. The third kappa shape index (κ3) is 4.35. The molecule has 0 bridgehead atoms. The van der Waals surface area contributed by atoms with Gasteiger partial charge in [0, 0.05) is 25.2 Å². The molecule has 1 saturated heterocycles. The number of hydrogen-bond donors (Lipinski definition) is 2. The maximum Gasteiger partial charge on any atom is 0.315 e. The second kappa shape index (κ2) is 6.09. The molecule has 0 aromatic carbocycles. The zero-order valence-corrected chi connectivity index (χ0v) is 12.2. The summed E-state index contributed by atoms with van der Waals surface area (Å²) in [4.78, 5) is 11.8. The summed E-state index contributed by atoms with van der Waals surface area (Å²) in [7, 11) is -3.09. The number of urea groups is 1. The molecule has 7 heteroatoms. The summed E-state index contributed by atoms with van der Waals surface area (Å²) in [6.07, 6.45) is 7.12. The van der Waals surface area contributed by atoms with Crippen LogP contribution in [0.2, 0.25) is 0 Å². The summed E-state index contributed by atoms with van der Waals surface area (Å²) < 4.78 is 24.2. The number of carbonyl (C=O) groups is 1. The fourth-order valence-electron chi connectivity index (χ4n) is 2.81. The third-order valence-electron chi connectivity index (χ3n) is 3.95. The lowest BCUT2D eigenvalue weighted by molar-refractivity contribution is 0.224. The number of sulfonamides is 1. The minimum absolute atomic E-state index is 0.0828. The first-order valence-electron chi connectivity index (χ1n) is 6.97. The normalized spacial score (nSPS) is 23.4. The first-order chi connectivity index (χ1) is 8.95. The van der Waals surface area contributed by atoms with Gasteiger partial charge in [-0.2, -0.15) is 0 Å². The summed E-state index contributed by atoms with van der Waals surface area (Å²) in [6.45, 7) is 0.987. The number of rotatable bonds is 3. The van der Waals surface area contributed by atoms with Crippen molar-refractivity contribution in [3.63, 3.8) is 0 Å². The van der Waals surface area contributed by atoms with Gasteiger partial charge in [-0.15, -0.1) is 0 Å². The third-order valence-corrected chi connectivity index (χ3v) is 5.25. The highest BCUT2D eigenvalue weighted by Gasteiger charge is 2.26. The molecule has 6 nitrogen and oxygen atoms in total. The van der Waals surface area contributed by atoms with Gasteiger partial charge in [-0.05, 0) is 25.7 Å². The van der Waals surface area contributed by atoms with E-state index in [9.17, 15) is 13.2 Å². The van der Waals surface area contributed by atoms with Gasteiger partial charge in [-0.25, -0.2) is 17.5 Å². The Bertz CT molecular complexity index is 410. The Kier molecular flexibility index (Phi) is 4.67. The van der Waals surface area contributed by atoms with Gasteiger partial charge in [0.05, 0.1) is 6.26 Å².